The van der Waals surface area contributed by atoms with Crippen LogP contribution >= 0.6 is 11.3 Å². The topological polar surface area (TPSA) is 60.4 Å². The minimum Gasteiger partial charge on any atom is -0.290 e. The highest BCUT2D eigenvalue weighted by molar-refractivity contribution is 7.15. The molecule has 0 N–H and O–H groups in total. The van der Waals surface area contributed by atoms with Crippen molar-refractivity contribution in [3.05, 3.63) is 101 Å². The van der Waals surface area contributed by atoms with E-state index in [1.807, 2.05) is 29.8 Å². The van der Waals surface area contributed by atoms with Crippen LogP contribution in [0, 0.1) is 10.1 Å². The number of nitro groups is 1. The summed E-state index contributed by atoms with van der Waals surface area (Å²) in [4.78, 5) is 16.3. The molecule has 29 heavy (non-hydrogen) atoms. The molecule has 0 saturated heterocycles. The van der Waals surface area contributed by atoms with Gasteiger partial charge in [0.25, 0.3) is 5.69 Å². The predicted octanol–water partition coefficient (Wildman–Crippen LogP) is 6.31. The highest BCUT2D eigenvalue weighted by atomic mass is 32.1. The SMILES string of the molecule is O=[N+]([O-])c1ccc(-c2nc3sccn3c2-c2ccc(-c3ccccc3)cc2)cc1. The normalized spacial score (nSPS) is 11.0. The van der Waals surface area contributed by atoms with Gasteiger partial charge in [-0.15, -0.1) is 11.3 Å². The molecule has 2 heterocycles. The molecule has 5 rings (SSSR count). The minimum absolute atomic E-state index is 0.0727. The monoisotopic (exact) mass is 397 g/mol. The Bertz CT molecular complexity index is 1300. The zero-order chi connectivity index (χ0) is 19.8. The van der Waals surface area contributed by atoms with Crippen molar-refractivity contribution in [3.8, 4) is 33.6 Å². The molecule has 6 heteroatoms. The van der Waals surface area contributed by atoms with Crippen molar-refractivity contribution in [2.24, 2.45) is 0 Å². The molecule has 0 spiro atoms. The Labute approximate surface area is 170 Å². The largest absolute Gasteiger partial charge is 0.290 e. The van der Waals surface area contributed by atoms with Crippen LogP contribution in [0.2, 0.25) is 0 Å². The first-order chi connectivity index (χ1) is 14.2. The summed E-state index contributed by atoms with van der Waals surface area (Å²) in [6.45, 7) is 0. The molecule has 0 saturated carbocycles. The minimum atomic E-state index is -0.390. The molecular formula is C23H15N3O2S. The van der Waals surface area contributed by atoms with Crippen molar-refractivity contribution in [3.63, 3.8) is 0 Å². The van der Waals surface area contributed by atoms with Crippen LogP contribution in [-0.4, -0.2) is 14.3 Å². The zero-order valence-electron chi connectivity index (χ0n) is 15.2. The number of nitro benzene ring substituents is 1. The van der Waals surface area contributed by atoms with Crippen LogP contribution in [0.5, 0.6) is 0 Å². The summed E-state index contributed by atoms with van der Waals surface area (Å²) in [7, 11) is 0. The number of fused-ring (bicyclic) bond motifs is 1. The summed E-state index contributed by atoms with van der Waals surface area (Å²) in [6, 6.07) is 25.2. The van der Waals surface area contributed by atoms with E-state index < -0.39 is 4.92 Å². The van der Waals surface area contributed by atoms with Gasteiger partial charge >= 0.3 is 0 Å². The number of aromatic nitrogens is 2. The molecule has 0 unspecified atom stereocenters. The molecule has 140 valence electrons. The number of imidazole rings is 1. The van der Waals surface area contributed by atoms with Crippen molar-refractivity contribution in [2.45, 2.75) is 0 Å². The number of hydrogen-bond donors (Lipinski definition) is 0. The van der Waals surface area contributed by atoms with E-state index in [9.17, 15) is 10.1 Å². The molecule has 2 aromatic heterocycles. The fourth-order valence-electron chi connectivity index (χ4n) is 3.46. The Balaban J connectivity index is 1.62. The second kappa shape index (κ2) is 7.00. The molecule has 3 aromatic carbocycles. The fourth-order valence-corrected chi connectivity index (χ4v) is 4.17. The third-order valence-corrected chi connectivity index (χ3v) is 5.64. The van der Waals surface area contributed by atoms with Gasteiger partial charge in [0.2, 0.25) is 0 Å². The van der Waals surface area contributed by atoms with Gasteiger partial charge < -0.3 is 0 Å². The van der Waals surface area contributed by atoms with E-state index in [2.05, 4.69) is 40.8 Å². The van der Waals surface area contributed by atoms with E-state index in [4.69, 9.17) is 4.98 Å². The van der Waals surface area contributed by atoms with Crippen LogP contribution in [0.1, 0.15) is 0 Å². The highest BCUT2D eigenvalue weighted by Crippen LogP contribution is 2.35. The molecule has 0 aliphatic rings. The van der Waals surface area contributed by atoms with Gasteiger partial charge in [-0.3, -0.25) is 14.5 Å². The molecular weight excluding hydrogens is 382 g/mol. The van der Waals surface area contributed by atoms with Gasteiger partial charge in [0.15, 0.2) is 4.96 Å². The number of non-ortho nitro benzene ring substituents is 1. The number of rotatable bonds is 4. The van der Waals surface area contributed by atoms with Crippen LogP contribution in [0.25, 0.3) is 38.6 Å². The summed E-state index contributed by atoms with van der Waals surface area (Å²) in [5.74, 6) is 0. The van der Waals surface area contributed by atoms with Crippen molar-refractivity contribution in [2.75, 3.05) is 0 Å². The van der Waals surface area contributed by atoms with E-state index in [0.717, 1.165) is 33.0 Å². The summed E-state index contributed by atoms with van der Waals surface area (Å²) >= 11 is 1.56. The van der Waals surface area contributed by atoms with E-state index in [-0.39, 0.29) is 5.69 Å². The first-order valence-corrected chi connectivity index (χ1v) is 9.95. The Morgan fingerprint density at radius 2 is 1.41 bits per heavy atom. The Kier molecular flexibility index (Phi) is 4.18. The second-order valence-corrected chi connectivity index (χ2v) is 7.48. The quantitative estimate of drug-likeness (QED) is 0.264. The lowest BCUT2D eigenvalue weighted by Crippen LogP contribution is -1.90. The van der Waals surface area contributed by atoms with Gasteiger partial charge in [-0.1, -0.05) is 54.6 Å². The number of benzene rings is 3. The first kappa shape index (κ1) is 17.3. The van der Waals surface area contributed by atoms with Gasteiger partial charge in [-0.2, -0.15) is 0 Å². The van der Waals surface area contributed by atoms with Gasteiger partial charge in [0, 0.05) is 34.8 Å². The third-order valence-electron chi connectivity index (χ3n) is 4.88. The molecule has 0 radical (unpaired) electrons. The van der Waals surface area contributed by atoms with Crippen LogP contribution in [-0.2, 0) is 0 Å². The third kappa shape index (κ3) is 3.09. The van der Waals surface area contributed by atoms with Crippen LogP contribution in [0.3, 0.4) is 0 Å². The zero-order valence-corrected chi connectivity index (χ0v) is 16.0. The molecule has 0 atom stereocenters. The maximum absolute atomic E-state index is 11.0. The van der Waals surface area contributed by atoms with E-state index in [1.165, 1.54) is 17.7 Å². The molecule has 5 nitrogen and oxygen atoms in total. The second-order valence-electron chi connectivity index (χ2n) is 6.61. The predicted molar refractivity (Wildman–Crippen MR) is 116 cm³/mol. The van der Waals surface area contributed by atoms with Crippen LogP contribution in [0.4, 0.5) is 5.69 Å². The van der Waals surface area contributed by atoms with Gasteiger partial charge in [-0.25, -0.2) is 4.98 Å². The Morgan fingerprint density at radius 3 is 2.10 bits per heavy atom. The van der Waals surface area contributed by atoms with Gasteiger partial charge in [0.05, 0.1) is 16.3 Å². The highest BCUT2D eigenvalue weighted by Gasteiger charge is 2.17. The van der Waals surface area contributed by atoms with E-state index in [0.29, 0.717) is 0 Å². The van der Waals surface area contributed by atoms with Crippen molar-refractivity contribution in [1.29, 1.82) is 0 Å². The molecule has 0 amide bonds. The van der Waals surface area contributed by atoms with E-state index >= 15 is 0 Å². The van der Waals surface area contributed by atoms with Crippen LogP contribution in [0.15, 0.2) is 90.4 Å². The number of thiazole rings is 1. The standard InChI is InChI=1S/C23H15N3O2S/c27-26(28)20-12-10-18(11-13-20)21-22(25-14-15-29-23(25)24-21)19-8-6-17(7-9-19)16-4-2-1-3-5-16/h1-15H. The van der Waals surface area contributed by atoms with E-state index in [1.54, 1.807) is 23.5 Å². The fraction of sp³-hybridized carbons (Fsp3) is 0. The smallest absolute Gasteiger partial charge is 0.269 e. The molecule has 0 bridgehead atoms. The Hall–Kier alpha value is -3.77. The summed E-state index contributed by atoms with van der Waals surface area (Å²) in [5.41, 5.74) is 6.09. The number of nitrogens with zero attached hydrogens (tertiary/aromatic N) is 3. The summed E-state index contributed by atoms with van der Waals surface area (Å²) in [6.07, 6.45) is 2.00. The molecule has 0 fully saturated rings. The molecule has 0 aliphatic heterocycles. The maximum atomic E-state index is 11.0. The lowest BCUT2D eigenvalue weighted by atomic mass is 10.0. The van der Waals surface area contributed by atoms with Crippen molar-refractivity contribution < 1.29 is 4.92 Å². The lowest BCUT2D eigenvalue weighted by Gasteiger charge is -2.07. The average molecular weight is 397 g/mol. The lowest BCUT2D eigenvalue weighted by molar-refractivity contribution is -0.384. The van der Waals surface area contributed by atoms with Crippen LogP contribution < -0.4 is 0 Å². The van der Waals surface area contributed by atoms with Gasteiger partial charge in [-0.05, 0) is 23.3 Å². The van der Waals surface area contributed by atoms with Crippen molar-refractivity contribution >= 4 is 22.0 Å². The van der Waals surface area contributed by atoms with Gasteiger partial charge in [0.1, 0.15) is 0 Å². The Morgan fingerprint density at radius 1 is 0.793 bits per heavy atom. The summed E-state index contributed by atoms with van der Waals surface area (Å²) in [5, 5.41) is 13.0. The first-order valence-electron chi connectivity index (χ1n) is 9.07. The van der Waals surface area contributed by atoms with Crippen molar-refractivity contribution in [1.82, 2.24) is 9.38 Å². The maximum Gasteiger partial charge on any atom is 0.269 e. The average Bonchev–Trinajstić information content (AvgIpc) is 3.36. The molecule has 0 aliphatic carbocycles. The summed E-state index contributed by atoms with van der Waals surface area (Å²) < 4.78 is 2.07. The number of hydrogen-bond acceptors (Lipinski definition) is 4. The molecule has 5 aromatic rings.